The molecule has 0 saturated carbocycles. The van der Waals surface area contributed by atoms with Gasteiger partial charge in [-0.15, -0.1) is 5.69 Å². The summed E-state index contributed by atoms with van der Waals surface area (Å²) in [6, 6.07) is 3.73. The zero-order valence-corrected chi connectivity index (χ0v) is 14.2. The molecular formula is C12H9BrClN2ORe-. The van der Waals surface area contributed by atoms with Crippen LogP contribution < -0.4 is 5.32 Å². The molecule has 0 saturated heterocycles. The van der Waals surface area contributed by atoms with Crippen LogP contribution in [0.15, 0.2) is 16.6 Å². The number of carbonyl (C=O) groups excluding carboxylic acids is 1. The number of H-pyrrole nitrogens is 1. The summed E-state index contributed by atoms with van der Waals surface area (Å²) < 4.78 is 0.917. The van der Waals surface area contributed by atoms with E-state index in [0.717, 1.165) is 26.6 Å². The Bertz CT molecular complexity index is 626. The maximum atomic E-state index is 11.6. The van der Waals surface area contributed by atoms with E-state index in [9.17, 15) is 4.79 Å². The van der Waals surface area contributed by atoms with Gasteiger partial charge in [0.2, 0.25) is 5.91 Å². The first-order chi connectivity index (χ1) is 8.15. The smallest absolute Gasteiger partial charge is 0.206 e. The van der Waals surface area contributed by atoms with Gasteiger partial charge >= 0.3 is 0 Å². The second kappa shape index (κ2) is 5.26. The van der Waals surface area contributed by atoms with E-state index >= 15 is 0 Å². The van der Waals surface area contributed by atoms with E-state index in [-0.39, 0.29) is 26.3 Å². The fourth-order valence-corrected chi connectivity index (χ4v) is 3.23. The standard InChI is InChI=1S/C12H9BrClN2O.Re/c13-8-3-6(14)4-10-12(8)7-5-11(17)15-2-1-9(7)16-10;/h1,3-4,16H,2,5H2,(H,15,17);/q-1;. The molecule has 2 heterocycles. The monoisotopic (exact) mass is 498 g/mol. The summed E-state index contributed by atoms with van der Waals surface area (Å²) in [6.07, 6.45) is 2.38. The van der Waals surface area contributed by atoms with Crippen molar-refractivity contribution in [2.45, 2.75) is 6.42 Å². The number of carbonyl (C=O) groups is 1. The fourth-order valence-electron chi connectivity index (χ4n) is 2.18. The van der Waals surface area contributed by atoms with E-state index < -0.39 is 0 Å². The molecule has 3 nitrogen and oxygen atoms in total. The van der Waals surface area contributed by atoms with Crippen molar-refractivity contribution >= 4 is 44.3 Å². The van der Waals surface area contributed by atoms with Crippen molar-refractivity contribution in [3.8, 4) is 0 Å². The topological polar surface area (TPSA) is 44.9 Å². The first-order valence-corrected chi connectivity index (χ1v) is 6.42. The summed E-state index contributed by atoms with van der Waals surface area (Å²) in [4.78, 5) is 14.9. The van der Waals surface area contributed by atoms with Crippen molar-refractivity contribution in [1.82, 2.24) is 10.3 Å². The number of fused-ring (bicyclic) bond motifs is 3. The van der Waals surface area contributed by atoms with E-state index in [1.165, 1.54) is 0 Å². The summed E-state index contributed by atoms with van der Waals surface area (Å²) >= 11 is 9.51. The van der Waals surface area contributed by atoms with Crippen LogP contribution in [0.3, 0.4) is 0 Å². The molecule has 2 aromatic rings. The maximum Gasteiger partial charge on any atom is 0.206 e. The molecule has 6 heteroatoms. The third-order valence-electron chi connectivity index (χ3n) is 2.89. The average molecular weight is 499 g/mol. The maximum absolute atomic E-state index is 11.6. The van der Waals surface area contributed by atoms with Gasteiger partial charge in [-0.2, -0.15) is 12.0 Å². The zero-order valence-electron chi connectivity index (χ0n) is 9.19. The van der Waals surface area contributed by atoms with E-state index in [4.69, 9.17) is 11.6 Å². The molecule has 1 aromatic heterocycles. The second-order valence-corrected chi connectivity index (χ2v) is 5.30. The van der Waals surface area contributed by atoms with Crippen LogP contribution in [-0.4, -0.2) is 17.4 Å². The van der Waals surface area contributed by atoms with Gasteiger partial charge in [0.05, 0.1) is 0 Å². The first kappa shape index (κ1) is 14.0. The van der Waals surface area contributed by atoms with Gasteiger partial charge in [0.1, 0.15) is 0 Å². The van der Waals surface area contributed by atoms with E-state index in [0.29, 0.717) is 18.0 Å². The van der Waals surface area contributed by atoms with Crippen molar-refractivity contribution in [3.05, 3.63) is 39.3 Å². The Hall–Kier alpha value is -0.468. The number of amides is 1. The van der Waals surface area contributed by atoms with Crippen molar-refractivity contribution in [2.75, 3.05) is 6.54 Å². The number of rotatable bonds is 0. The Balaban J connectivity index is 0.00000120. The Morgan fingerprint density at radius 1 is 1.39 bits per heavy atom. The summed E-state index contributed by atoms with van der Waals surface area (Å²) in [5, 5.41) is 4.53. The largest absolute Gasteiger partial charge is 0.390 e. The molecule has 2 N–H and O–H groups in total. The van der Waals surface area contributed by atoms with Gasteiger partial charge in [0, 0.05) is 35.4 Å². The molecule has 1 radical (unpaired) electrons. The molecule has 0 spiro atoms. The predicted octanol–water partition coefficient (Wildman–Crippen LogP) is 2.81. The van der Waals surface area contributed by atoms with Crippen molar-refractivity contribution in [2.24, 2.45) is 0 Å². The number of hydrogen-bond donors (Lipinski definition) is 2. The number of aromatic nitrogens is 1. The Labute approximate surface area is 131 Å². The number of nitrogens with one attached hydrogen (secondary N) is 2. The van der Waals surface area contributed by atoms with E-state index in [1.54, 1.807) is 0 Å². The van der Waals surface area contributed by atoms with Crippen molar-refractivity contribution in [3.63, 3.8) is 0 Å². The molecule has 0 aliphatic carbocycles. The van der Waals surface area contributed by atoms with Crippen LogP contribution in [0, 0.1) is 6.42 Å². The molecule has 18 heavy (non-hydrogen) atoms. The molecule has 1 aliphatic heterocycles. The number of halogens is 2. The minimum atomic E-state index is 0. The summed E-state index contributed by atoms with van der Waals surface area (Å²) in [5.41, 5.74) is 2.99. The van der Waals surface area contributed by atoms with Gasteiger partial charge in [-0.1, -0.05) is 32.9 Å². The Morgan fingerprint density at radius 2 is 2.17 bits per heavy atom. The third-order valence-corrected chi connectivity index (χ3v) is 3.74. The van der Waals surface area contributed by atoms with E-state index in [1.807, 2.05) is 18.6 Å². The van der Waals surface area contributed by atoms with Crippen LogP contribution >= 0.6 is 27.5 Å². The molecule has 3 rings (SSSR count). The molecule has 0 atom stereocenters. The summed E-state index contributed by atoms with van der Waals surface area (Å²) in [7, 11) is 0. The summed E-state index contributed by atoms with van der Waals surface area (Å²) in [5.74, 6) is 0.0442. The molecule has 0 bridgehead atoms. The van der Waals surface area contributed by atoms with Crippen molar-refractivity contribution < 1.29 is 25.2 Å². The first-order valence-electron chi connectivity index (χ1n) is 5.24. The molecular weight excluding hydrogens is 490 g/mol. The van der Waals surface area contributed by atoms with Crippen LogP contribution in [0.25, 0.3) is 10.9 Å². The van der Waals surface area contributed by atoms with E-state index in [2.05, 4.69) is 26.2 Å². The molecule has 0 fully saturated rings. The number of aromatic amines is 1. The van der Waals surface area contributed by atoms with Crippen LogP contribution in [0.4, 0.5) is 0 Å². The number of hydrogen-bond acceptors (Lipinski definition) is 1. The van der Waals surface area contributed by atoms with Gasteiger partial charge in [-0.25, -0.2) is 0 Å². The Morgan fingerprint density at radius 3 is 2.94 bits per heavy atom. The molecule has 1 aromatic carbocycles. The average Bonchev–Trinajstić information content (AvgIpc) is 2.46. The molecule has 0 unspecified atom stereocenters. The second-order valence-electron chi connectivity index (χ2n) is 4.01. The minimum Gasteiger partial charge on any atom is -0.390 e. The SMILES string of the molecule is O=C1Cc2c([nH]c3cc(Cl)cc(Br)c23)[CH-]CN1.[Re]. The quantitative estimate of drug-likeness (QED) is 0.539. The fraction of sp³-hybridized carbons (Fsp3) is 0.167. The molecule has 1 aliphatic rings. The van der Waals surface area contributed by atoms with Crippen molar-refractivity contribution in [1.29, 1.82) is 0 Å². The predicted molar refractivity (Wildman–Crippen MR) is 71.1 cm³/mol. The minimum absolute atomic E-state index is 0. The van der Waals surface area contributed by atoms with Gasteiger partial charge in [-0.05, 0) is 25.1 Å². The number of benzene rings is 1. The van der Waals surface area contributed by atoms with Crippen LogP contribution in [0.5, 0.6) is 0 Å². The third kappa shape index (κ3) is 2.33. The summed E-state index contributed by atoms with van der Waals surface area (Å²) in [6.45, 7) is 0.560. The normalized spacial score (nSPS) is 14.2. The molecule has 95 valence electrons. The van der Waals surface area contributed by atoms with Gasteiger partial charge in [0.25, 0.3) is 0 Å². The van der Waals surface area contributed by atoms with Gasteiger partial charge in [0.15, 0.2) is 0 Å². The Kier molecular flexibility index (Phi) is 4.08. The van der Waals surface area contributed by atoms with Gasteiger partial charge < -0.3 is 10.3 Å². The zero-order chi connectivity index (χ0) is 12.0. The van der Waals surface area contributed by atoms with Crippen LogP contribution in [-0.2, 0) is 31.6 Å². The molecule has 1 amide bonds. The van der Waals surface area contributed by atoms with Gasteiger partial charge in [-0.3, -0.25) is 4.79 Å². The van der Waals surface area contributed by atoms with Crippen LogP contribution in [0.1, 0.15) is 11.3 Å². The van der Waals surface area contributed by atoms with Crippen LogP contribution in [0.2, 0.25) is 5.02 Å².